The van der Waals surface area contributed by atoms with Crippen LogP contribution in [-0.2, 0) is 10.2 Å². The largest absolute Gasteiger partial charge is 0.463 e. The molecule has 0 unspecified atom stereocenters. The molecule has 0 aliphatic rings. The summed E-state index contributed by atoms with van der Waals surface area (Å²) < 4.78 is 12.4. The predicted octanol–water partition coefficient (Wildman–Crippen LogP) is 4.79. The third-order valence-corrected chi connectivity index (χ3v) is 4.23. The van der Waals surface area contributed by atoms with Crippen molar-refractivity contribution in [2.75, 3.05) is 7.11 Å². The lowest BCUT2D eigenvalue weighted by Crippen LogP contribution is -2.17. The summed E-state index contributed by atoms with van der Waals surface area (Å²) in [5, 5.41) is 0. The number of oxazole rings is 1. The molecule has 112 valence electrons. The quantitative estimate of drug-likeness (QED) is 0.474. The maximum Gasteiger partial charge on any atom is 0.376 e. The SMILES string of the molecule is COC(=O)c1oc(-c2cc(I)ccc2Br)nc1C(C)(C)C. The van der Waals surface area contributed by atoms with Gasteiger partial charge in [-0.3, -0.25) is 0 Å². The lowest BCUT2D eigenvalue weighted by atomic mass is 9.91. The molecule has 1 heterocycles. The van der Waals surface area contributed by atoms with E-state index in [1.807, 2.05) is 39.0 Å². The van der Waals surface area contributed by atoms with Crippen LogP contribution in [0.5, 0.6) is 0 Å². The molecule has 6 heteroatoms. The van der Waals surface area contributed by atoms with Crippen LogP contribution in [0.3, 0.4) is 0 Å². The van der Waals surface area contributed by atoms with Crippen LogP contribution in [0.1, 0.15) is 37.0 Å². The minimum Gasteiger partial charge on any atom is -0.463 e. The first kappa shape index (κ1) is 16.5. The first-order chi connectivity index (χ1) is 9.74. The van der Waals surface area contributed by atoms with Gasteiger partial charge in [0.05, 0.1) is 12.7 Å². The van der Waals surface area contributed by atoms with Gasteiger partial charge in [-0.1, -0.05) is 20.8 Å². The highest BCUT2D eigenvalue weighted by Crippen LogP contribution is 2.34. The highest BCUT2D eigenvalue weighted by molar-refractivity contribution is 14.1. The van der Waals surface area contributed by atoms with Crippen LogP contribution in [-0.4, -0.2) is 18.1 Å². The number of halogens is 2. The maximum absolute atomic E-state index is 11.9. The van der Waals surface area contributed by atoms with Crippen molar-refractivity contribution in [1.29, 1.82) is 0 Å². The van der Waals surface area contributed by atoms with Crippen LogP contribution in [0.15, 0.2) is 27.1 Å². The van der Waals surface area contributed by atoms with Crippen molar-refractivity contribution in [2.45, 2.75) is 26.2 Å². The Kier molecular flexibility index (Phi) is 4.77. The molecular formula is C15H15BrINO3. The zero-order chi connectivity index (χ0) is 15.8. The number of hydrogen-bond acceptors (Lipinski definition) is 4. The number of ether oxygens (including phenoxy) is 1. The molecule has 0 aliphatic heterocycles. The Bertz CT molecular complexity index is 689. The summed E-state index contributed by atoms with van der Waals surface area (Å²) >= 11 is 5.71. The fraction of sp³-hybridized carbons (Fsp3) is 0.333. The Morgan fingerprint density at radius 1 is 1.38 bits per heavy atom. The van der Waals surface area contributed by atoms with Gasteiger partial charge < -0.3 is 9.15 Å². The third kappa shape index (κ3) is 3.48. The van der Waals surface area contributed by atoms with E-state index >= 15 is 0 Å². The number of aromatic nitrogens is 1. The molecule has 0 fully saturated rings. The van der Waals surface area contributed by atoms with E-state index in [4.69, 9.17) is 9.15 Å². The molecule has 0 atom stereocenters. The smallest absolute Gasteiger partial charge is 0.376 e. The lowest BCUT2D eigenvalue weighted by molar-refractivity contribution is 0.0562. The highest BCUT2D eigenvalue weighted by atomic mass is 127. The van der Waals surface area contributed by atoms with Gasteiger partial charge in [0.25, 0.3) is 0 Å². The van der Waals surface area contributed by atoms with Crippen LogP contribution < -0.4 is 0 Å². The molecular weight excluding hydrogens is 449 g/mol. The predicted molar refractivity (Wildman–Crippen MR) is 92.4 cm³/mol. The van der Waals surface area contributed by atoms with E-state index in [0.29, 0.717) is 11.6 Å². The number of nitrogens with zero attached hydrogens (tertiary/aromatic N) is 1. The van der Waals surface area contributed by atoms with Gasteiger partial charge in [-0.15, -0.1) is 0 Å². The van der Waals surface area contributed by atoms with Crippen LogP contribution in [0.4, 0.5) is 0 Å². The number of carbonyl (C=O) groups excluding carboxylic acids is 1. The van der Waals surface area contributed by atoms with Gasteiger partial charge in [0.15, 0.2) is 0 Å². The van der Waals surface area contributed by atoms with Crippen LogP contribution in [0, 0.1) is 3.57 Å². The number of hydrogen-bond donors (Lipinski definition) is 0. The van der Waals surface area contributed by atoms with Gasteiger partial charge in [0, 0.05) is 13.5 Å². The van der Waals surface area contributed by atoms with Crippen molar-refractivity contribution in [3.63, 3.8) is 0 Å². The number of methoxy groups -OCH3 is 1. The van der Waals surface area contributed by atoms with Crippen molar-refractivity contribution in [2.24, 2.45) is 0 Å². The van der Waals surface area contributed by atoms with E-state index < -0.39 is 5.97 Å². The Hall–Kier alpha value is -0.890. The minimum absolute atomic E-state index is 0.158. The molecule has 0 radical (unpaired) electrons. The Morgan fingerprint density at radius 3 is 2.62 bits per heavy atom. The molecule has 0 saturated carbocycles. The van der Waals surface area contributed by atoms with E-state index in [2.05, 4.69) is 43.5 Å². The molecule has 0 saturated heterocycles. The second kappa shape index (κ2) is 6.08. The molecule has 1 aromatic carbocycles. The first-order valence-electron chi connectivity index (χ1n) is 6.29. The lowest BCUT2D eigenvalue weighted by Gasteiger charge is -2.15. The molecule has 0 amide bonds. The van der Waals surface area contributed by atoms with E-state index in [0.717, 1.165) is 13.6 Å². The summed E-state index contributed by atoms with van der Waals surface area (Å²) in [5.41, 5.74) is 1.08. The number of rotatable bonds is 2. The minimum atomic E-state index is -0.513. The van der Waals surface area contributed by atoms with Crippen molar-refractivity contribution in [3.05, 3.63) is 37.7 Å². The number of esters is 1. The van der Waals surface area contributed by atoms with E-state index in [9.17, 15) is 4.79 Å². The Balaban J connectivity index is 2.64. The molecule has 2 rings (SSSR count). The molecule has 0 spiro atoms. The van der Waals surface area contributed by atoms with Gasteiger partial charge >= 0.3 is 5.97 Å². The fourth-order valence-electron chi connectivity index (χ4n) is 1.84. The second-order valence-corrected chi connectivity index (χ2v) is 7.66. The standard InChI is InChI=1S/C15H15BrINO3/c1-15(2,3)12-11(14(19)20-4)21-13(18-12)9-7-8(17)5-6-10(9)16/h5-7H,1-4H3. The van der Waals surface area contributed by atoms with Crippen molar-refractivity contribution in [1.82, 2.24) is 4.98 Å². The summed E-state index contributed by atoms with van der Waals surface area (Å²) in [6.45, 7) is 5.93. The van der Waals surface area contributed by atoms with Gasteiger partial charge in [-0.25, -0.2) is 9.78 Å². The second-order valence-electron chi connectivity index (χ2n) is 5.56. The monoisotopic (exact) mass is 463 g/mol. The molecule has 2 aromatic rings. The van der Waals surface area contributed by atoms with E-state index in [1.165, 1.54) is 7.11 Å². The zero-order valence-corrected chi connectivity index (χ0v) is 15.9. The molecule has 4 nitrogen and oxygen atoms in total. The normalized spacial score (nSPS) is 11.5. The van der Waals surface area contributed by atoms with Gasteiger partial charge in [0.1, 0.15) is 5.69 Å². The average molecular weight is 464 g/mol. The van der Waals surface area contributed by atoms with Crippen LogP contribution in [0.25, 0.3) is 11.5 Å². The van der Waals surface area contributed by atoms with Crippen molar-refractivity contribution in [3.8, 4) is 11.5 Å². The number of benzene rings is 1. The molecule has 1 aromatic heterocycles. The molecule has 0 aliphatic carbocycles. The van der Waals surface area contributed by atoms with Gasteiger partial charge in [-0.2, -0.15) is 0 Å². The van der Waals surface area contributed by atoms with E-state index in [-0.39, 0.29) is 11.2 Å². The Morgan fingerprint density at radius 2 is 2.05 bits per heavy atom. The molecule has 0 bridgehead atoms. The fourth-order valence-corrected chi connectivity index (χ4v) is 2.74. The first-order valence-corrected chi connectivity index (χ1v) is 8.16. The summed E-state index contributed by atoms with van der Waals surface area (Å²) in [6.07, 6.45) is 0. The van der Waals surface area contributed by atoms with Crippen LogP contribution >= 0.6 is 38.5 Å². The molecule has 0 N–H and O–H groups in total. The third-order valence-electron chi connectivity index (χ3n) is 2.87. The van der Waals surface area contributed by atoms with Gasteiger partial charge in [-0.05, 0) is 56.7 Å². The molecule has 21 heavy (non-hydrogen) atoms. The number of carbonyl (C=O) groups is 1. The Labute approximate surface area is 145 Å². The summed E-state index contributed by atoms with van der Waals surface area (Å²) in [6, 6.07) is 5.85. The van der Waals surface area contributed by atoms with Crippen LogP contribution in [0.2, 0.25) is 0 Å². The van der Waals surface area contributed by atoms with Gasteiger partial charge in [0.2, 0.25) is 11.7 Å². The zero-order valence-electron chi connectivity index (χ0n) is 12.2. The van der Waals surface area contributed by atoms with Crippen molar-refractivity contribution >= 4 is 44.5 Å². The van der Waals surface area contributed by atoms with E-state index in [1.54, 1.807) is 0 Å². The summed E-state index contributed by atoms with van der Waals surface area (Å²) in [7, 11) is 1.33. The highest BCUT2D eigenvalue weighted by Gasteiger charge is 2.30. The summed E-state index contributed by atoms with van der Waals surface area (Å²) in [4.78, 5) is 16.4. The summed E-state index contributed by atoms with van der Waals surface area (Å²) in [5.74, 6) is 0.0527. The average Bonchev–Trinajstić information content (AvgIpc) is 2.85. The topological polar surface area (TPSA) is 52.3 Å². The van der Waals surface area contributed by atoms with Crippen molar-refractivity contribution < 1.29 is 13.9 Å². The maximum atomic E-state index is 11.9.